The van der Waals surface area contributed by atoms with Crippen LogP contribution in [0.25, 0.3) is 0 Å². The average molecular weight is 1530 g/mol. The van der Waals surface area contributed by atoms with Crippen LogP contribution in [0.4, 0.5) is 0 Å². The lowest BCUT2D eigenvalue weighted by atomic mass is 10.1. The molecule has 0 heterocycles. The van der Waals surface area contributed by atoms with Crippen molar-refractivity contribution < 1.29 is 80.2 Å². The number of aliphatic hydroxyl groups excluding tert-OH is 1. The number of rotatable bonds is 76. The van der Waals surface area contributed by atoms with Crippen LogP contribution in [0, 0.1) is 0 Å². The van der Waals surface area contributed by atoms with Crippen LogP contribution in [0.15, 0.2) is 146 Å². The van der Waals surface area contributed by atoms with Crippen LogP contribution in [0.1, 0.15) is 323 Å². The predicted octanol–water partition coefficient (Wildman–Crippen LogP) is 24.2. The molecular formula is C87H146O17P2. The predicted molar refractivity (Wildman–Crippen MR) is 436 cm³/mol. The molecule has 0 aromatic heterocycles. The van der Waals surface area contributed by atoms with Crippen LogP contribution in [0.3, 0.4) is 0 Å². The minimum absolute atomic E-state index is 0.0697. The van der Waals surface area contributed by atoms with Gasteiger partial charge in [-0.3, -0.25) is 37.3 Å². The van der Waals surface area contributed by atoms with E-state index in [4.69, 9.17) is 37.0 Å². The van der Waals surface area contributed by atoms with Crippen LogP contribution in [-0.4, -0.2) is 96.7 Å². The third-order valence-electron chi connectivity index (χ3n) is 16.8. The Bertz CT molecular complexity index is 2580. The highest BCUT2D eigenvalue weighted by Gasteiger charge is 2.30. The van der Waals surface area contributed by atoms with Crippen LogP contribution >= 0.6 is 15.6 Å². The van der Waals surface area contributed by atoms with Gasteiger partial charge >= 0.3 is 39.5 Å². The Balaban J connectivity index is 5.40. The monoisotopic (exact) mass is 1530 g/mol. The van der Waals surface area contributed by atoms with Gasteiger partial charge in [-0.25, -0.2) is 9.13 Å². The molecule has 0 saturated heterocycles. The largest absolute Gasteiger partial charge is 0.472 e. The molecule has 0 fully saturated rings. The third kappa shape index (κ3) is 77.1. The van der Waals surface area contributed by atoms with E-state index in [0.29, 0.717) is 25.7 Å². The Morgan fingerprint density at radius 2 is 0.462 bits per heavy atom. The first kappa shape index (κ1) is 101. The number of allylic oxidation sites excluding steroid dienone is 24. The molecule has 17 nitrogen and oxygen atoms in total. The SMILES string of the molecule is CC/C=C\C/C=C\C/C=C\CCCCCCCCCC(=O)OCC(COP(=O)(O)OCC(O)COP(=O)(O)OCC(COC(=O)CCCCCCCCC/C=C\C/C=C\C/C=C\CC)OC(=O)CCCCCCCCC/C=C\C/C=C\C/C=C\CC)OC(=O)CCCCCCC/C=C\C/C=C\C/C=C\CC. The number of unbranched alkanes of at least 4 members (excludes halogenated alkanes) is 26. The minimum Gasteiger partial charge on any atom is -0.462 e. The maximum Gasteiger partial charge on any atom is 0.472 e. The maximum absolute atomic E-state index is 13.1. The molecule has 0 rings (SSSR count). The highest BCUT2D eigenvalue weighted by molar-refractivity contribution is 7.47. The van der Waals surface area contributed by atoms with Crippen molar-refractivity contribution in [3.8, 4) is 0 Å². The van der Waals surface area contributed by atoms with Gasteiger partial charge in [-0.2, -0.15) is 0 Å². The quantitative estimate of drug-likeness (QED) is 0.0169. The van der Waals surface area contributed by atoms with Crippen LogP contribution in [0.2, 0.25) is 0 Å². The van der Waals surface area contributed by atoms with Crippen molar-refractivity contribution in [3.05, 3.63) is 146 Å². The summed E-state index contributed by atoms with van der Waals surface area (Å²) in [6.45, 7) is 4.41. The number of esters is 4. The molecule has 0 spiro atoms. The first-order valence-electron chi connectivity index (χ1n) is 41.1. The molecule has 19 heteroatoms. The Morgan fingerprint density at radius 3 is 0.708 bits per heavy atom. The van der Waals surface area contributed by atoms with E-state index < -0.39 is 97.5 Å². The molecule has 0 amide bonds. The zero-order valence-electron chi connectivity index (χ0n) is 66.3. The fourth-order valence-corrected chi connectivity index (χ4v) is 12.3. The van der Waals surface area contributed by atoms with E-state index in [-0.39, 0.29) is 25.7 Å². The van der Waals surface area contributed by atoms with Crippen LogP contribution in [0.5, 0.6) is 0 Å². The number of phosphoric ester groups is 2. The molecule has 0 bridgehead atoms. The highest BCUT2D eigenvalue weighted by Crippen LogP contribution is 2.45. The first-order chi connectivity index (χ1) is 51.7. The summed E-state index contributed by atoms with van der Waals surface area (Å²) in [7, 11) is -9.98. The molecule has 0 aromatic rings. The van der Waals surface area contributed by atoms with Crippen molar-refractivity contribution in [3.63, 3.8) is 0 Å². The molecule has 0 aliphatic heterocycles. The zero-order valence-corrected chi connectivity index (χ0v) is 68.1. The van der Waals surface area contributed by atoms with Crippen molar-refractivity contribution in [2.45, 2.75) is 341 Å². The third-order valence-corrected chi connectivity index (χ3v) is 18.7. The topological polar surface area (TPSA) is 237 Å². The molecule has 5 atom stereocenters. The molecule has 3 N–H and O–H groups in total. The lowest BCUT2D eigenvalue weighted by Gasteiger charge is -2.21. The Labute approximate surface area is 643 Å². The lowest BCUT2D eigenvalue weighted by Crippen LogP contribution is -2.30. The Morgan fingerprint density at radius 1 is 0.264 bits per heavy atom. The molecule has 0 aliphatic rings. The highest BCUT2D eigenvalue weighted by atomic mass is 31.2. The summed E-state index contributed by atoms with van der Waals surface area (Å²) in [6, 6.07) is 0. The summed E-state index contributed by atoms with van der Waals surface area (Å²) in [5, 5.41) is 10.7. The van der Waals surface area contributed by atoms with Crippen molar-refractivity contribution in [1.29, 1.82) is 0 Å². The smallest absolute Gasteiger partial charge is 0.462 e. The van der Waals surface area contributed by atoms with Gasteiger partial charge in [0.1, 0.15) is 19.3 Å². The summed E-state index contributed by atoms with van der Waals surface area (Å²) in [6.07, 6.45) is 89.5. The van der Waals surface area contributed by atoms with Gasteiger partial charge in [0.2, 0.25) is 0 Å². The van der Waals surface area contributed by atoms with E-state index in [1.807, 2.05) is 0 Å². The fourth-order valence-electron chi connectivity index (χ4n) is 10.7. The van der Waals surface area contributed by atoms with Crippen LogP contribution in [-0.2, 0) is 65.4 Å². The number of phosphoric acid groups is 2. The maximum atomic E-state index is 13.1. The van der Waals surface area contributed by atoms with E-state index in [1.54, 1.807) is 0 Å². The molecule has 606 valence electrons. The molecule has 106 heavy (non-hydrogen) atoms. The number of ether oxygens (including phenoxy) is 4. The van der Waals surface area contributed by atoms with E-state index in [0.717, 1.165) is 244 Å². The summed E-state index contributed by atoms with van der Waals surface area (Å²) >= 11 is 0. The number of aliphatic hydroxyl groups is 1. The summed E-state index contributed by atoms with van der Waals surface area (Å²) < 4.78 is 68.7. The van der Waals surface area contributed by atoms with Gasteiger partial charge in [0, 0.05) is 25.7 Å². The summed E-state index contributed by atoms with van der Waals surface area (Å²) in [5.74, 6) is -2.22. The van der Waals surface area contributed by atoms with Crippen molar-refractivity contribution >= 4 is 39.5 Å². The molecular weight excluding hydrogens is 1380 g/mol. The summed E-state index contributed by atoms with van der Waals surface area (Å²) in [5.41, 5.74) is 0. The van der Waals surface area contributed by atoms with Crippen LogP contribution < -0.4 is 0 Å². The van der Waals surface area contributed by atoms with E-state index in [1.165, 1.54) is 0 Å². The molecule has 0 aliphatic carbocycles. The molecule has 0 saturated carbocycles. The van der Waals surface area contributed by atoms with E-state index >= 15 is 0 Å². The molecule has 5 unspecified atom stereocenters. The molecule has 0 aromatic carbocycles. The number of carbonyl (C=O) groups excluding carboxylic acids is 4. The second-order valence-corrected chi connectivity index (χ2v) is 29.8. The van der Waals surface area contributed by atoms with Gasteiger partial charge in [-0.1, -0.05) is 289 Å². The fraction of sp³-hybridized carbons (Fsp3) is 0.678. The molecule has 0 radical (unpaired) electrons. The van der Waals surface area contributed by atoms with Gasteiger partial charge in [-0.05, 0) is 154 Å². The second-order valence-electron chi connectivity index (χ2n) is 26.9. The normalized spacial score (nSPS) is 14.6. The van der Waals surface area contributed by atoms with Gasteiger partial charge in [0.25, 0.3) is 0 Å². The Kier molecular flexibility index (Phi) is 74.3. The van der Waals surface area contributed by atoms with Crippen molar-refractivity contribution in [1.82, 2.24) is 0 Å². The number of hydrogen-bond donors (Lipinski definition) is 3. The first-order valence-corrected chi connectivity index (χ1v) is 44.1. The van der Waals surface area contributed by atoms with Gasteiger partial charge < -0.3 is 33.8 Å². The second kappa shape index (κ2) is 78.1. The zero-order chi connectivity index (χ0) is 77.4. The minimum atomic E-state index is -4.99. The van der Waals surface area contributed by atoms with E-state index in [9.17, 15) is 43.2 Å². The average Bonchev–Trinajstić information content (AvgIpc) is 0.901. The number of hydrogen-bond acceptors (Lipinski definition) is 15. The standard InChI is InChI=1S/C87H146O17P2/c1-5-9-13-17-21-25-29-33-37-40-44-47-51-55-59-63-67-71-84(89)97-77-82(103-86(91)73-69-65-61-57-53-49-43-36-32-28-24-20-16-12-8-4)79-101-105(93,94)99-75-81(88)76-100-106(95,96)102-80-83(104-87(92)74-70-66-62-58-54-50-46-42-39-35-31-27-23-19-15-11-7-3)78-98-85(90)72-68-64-60-56-52-48-45-41-38-34-30-26-22-18-14-10-6-2/h9-16,21-28,33-39,43,81-83,88H,5-8,17-20,29-32,40-42,44-80H2,1-4H3,(H,93,94)(H,95,96)/b13-9-,14-10-,15-11-,16-12-,25-21-,26-22-,27-23-,28-24-,37-33-,38-34-,39-35-,43-36-. The number of carbonyl (C=O) groups is 4. The van der Waals surface area contributed by atoms with Crippen molar-refractivity contribution in [2.24, 2.45) is 0 Å². The van der Waals surface area contributed by atoms with Crippen molar-refractivity contribution in [2.75, 3.05) is 39.6 Å². The van der Waals surface area contributed by atoms with E-state index in [2.05, 4.69) is 174 Å². The lowest BCUT2D eigenvalue weighted by molar-refractivity contribution is -0.161. The Hall–Kier alpha value is -5.06. The van der Waals surface area contributed by atoms with Gasteiger partial charge in [0.15, 0.2) is 12.2 Å². The summed E-state index contributed by atoms with van der Waals surface area (Å²) in [4.78, 5) is 73.2. The van der Waals surface area contributed by atoms with Gasteiger partial charge in [-0.15, -0.1) is 0 Å². The van der Waals surface area contributed by atoms with Gasteiger partial charge in [0.05, 0.1) is 26.4 Å².